The number of hydrogen-bond donors (Lipinski definition) is 1. The summed E-state index contributed by atoms with van der Waals surface area (Å²) in [5, 5.41) is 3.96. The topological polar surface area (TPSA) is 78.3 Å². The first-order valence-corrected chi connectivity index (χ1v) is 3.74. The molecule has 2 N–H and O–H groups in total. The Bertz CT molecular complexity index is 449. The number of nitrogens with zero attached hydrogens (tertiary/aromatic N) is 4. The van der Waals surface area contributed by atoms with Gasteiger partial charge in [-0.25, -0.2) is 4.98 Å². The Labute approximate surface area is 74.4 Å². The fraction of sp³-hybridized carbons (Fsp3) is 0.286. The van der Waals surface area contributed by atoms with Gasteiger partial charge in [0.25, 0.3) is 0 Å². The molecule has 0 saturated carbocycles. The number of nitrogen functional groups attached to an aromatic ring is 1. The van der Waals surface area contributed by atoms with Crippen LogP contribution in [0.5, 0.6) is 5.75 Å². The normalized spacial score (nSPS) is 10.6. The van der Waals surface area contributed by atoms with E-state index in [1.165, 1.54) is 0 Å². The summed E-state index contributed by atoms with van der Waals surface area (Å²) in [6.07, 6.45) is 1.60. The van der Waals surface area contributed by atoms with Crippen LogP contribution in [0.3, 0.4) is 0 Å². The lowest BCUT2D eigenvalue weighted by atomic mass is 10.5. The zero-order chi connectivity index (χ0) is 9.42. The van der Waals surface area contributed by atoms with Gasteiger partial charge in [0, 0.05) is 0 Å². The van der Waals surface area contributed by atoms with Gasteiger partial charge in [-0.2, -0.15) is 9.50 Å². The zero-order valence-corrected chi connectivity index (χ0v) is 7.35. The third kappa shape index (κ3) is 1.07. The first-order valence-electron chi connectivity index (χ1n) is 3.74. The highest BCUT2D eigenvalue weighted by Gasteiger charge is 2.08. The van der Waals surface area contributed by atoms with Crippen molar-refractivity contribution in [1.82, 2.24) is 19.6 Å². The summed E-state index contributed by atoms with van der Waals surface area (Å²) in [4.78, 5) is 8.08. The summed E-state index contributed by atoms with van der Waals surface area (Å²) in [5.41, 5.74) is 6.05. The lowest BCUT2D eigenvalue weighted by molar-refractivity contribution is 0.413. The molecule has 0 atom stereocenters. The van der Waals surface area contributed by atoms with Crippen molar-refractivity contribution >= 4 is 11.6 Å². The van der Waals surface area contributed by atoms with Crippen LogP contribution >= 0.6 is 0 Å². The first-order chi connectivity index (χ1) is 6.22. The molecule has 0 aliphatic heterocycles. The molecule has 2 rings (SSSR count). The monoisotopic (exact) mass is 179 g/mol. The van der Waals surface area contributed by atoms with Crippen LogP contribution in [-0.2, 0) is 0 Å². The highest BCUT2D eigenvalue weighted by Crippen LogP contribution is 2.17. The number of rotatable bonds is 1. The van der Waals surface area contributed by atoms with Crippen molar-refractivity contribution in [1.29, 1.82) is 0 Å². The third-order valence-electron chi connectivity index (χ3n) is 1.74. The van der Waals surface area contributed by atoms with Crippen molar-refractivity contribution in [2.75, 3.05) is 12.8 Å². The number of anilines is 1. The molecule has 0 radical (unpaired) electrons. The molecular weight excluding hydrogens is 170 g/mol. The second-order valence-electron chi connectivity index (χ2n) is 2.58. The molecule has 68 valence electrons. The van der Waals surface area contributed by atoms with Crippen molar-refractivity contribution in [2.24, 2.45) is 0 Å². The van der Waals surface area contributed by atoms with Gasteiger partial charge in [0.1, 0.15) is 5.82 Å². The first kappa shape index (κ1) is 7.78. The molecule has 0 aliphatic rings. The predicted octanol–water partition coefficient (Wildman–Crippen LogP) is 0.0235. The maximum absolute atomic E-state index is 5.46. The van der Waals surface area contributed by atoms with Crippen LogP contribution in [0.2, 0.25) is 0 Å². The van der Waals surface area contributed by atoms with Gasteiger partial charge in [0.05, 0.1) is 13.3 Å². The second-order valence-corrected chi connectivity index (χ2v) is 2.58. The number of fused-ring (bicyclic) bond motifs is 1. The van der Waals surface area contributed by atoms with Gasteiger partial charge in [-0.3, -0.25) is 0 Å². The van der Waals surface area contributed by atoms with Crippen LogP contribution in [0.4, 0.5) is 5.95 Å². The summed E-state index contributed by atoms with van der Waals surface area (Å²) >= 11 is 0. The summed E-state index contributed by atoms with van der Waals surface area (Å²) in [5.74, 6) is 1.50. The molecule has 2 heterocycles. The average Bonchev–Trinajstić information content (AvgIpc) is 2.48. The number of methoxy groups -OCH3 is 1. The van der Waals surface area contributed by atoms with E-state index in [1.54, 1.807) is 17.8 Å². The minimum atomic E-state index is 0.217. The Morgan fingerprint density at radius 3 is 3.00 bits per heavy atom. The Hall–Kier alpha value is -1.85. The standard InChI is InChI=1S/C7H9N5O/c1-4-9-3-5(13-2)6-10-7(8)11-12(4)6/h3H,1-2H3,(H2,8,11). The number of aromatic nitrogens is 4. The molecule has 2 aromatic rings. The SMILES string of the molecule is COc1cnc(C)n2nc(N)nc12. The van der Waals surface area contributed by atoms with E-state index in [1.807, 2.05) is 6.92 Å². The van der Waals surface area contributed by atoms with Crippen LogP contribution in [0.1, 0.15) is 5.82 Å². The van der Waals surface area contributed by atoms with Crippen molar-refractivity contribution in [3.05, 3.63) is 12.0 Å². The van der Waals surface area contributed by atoms with E-state index in [0.717, 1.165) is 5.82 Å². The Kier molecular flexibility index (Phi) is 1.54. The van der Waals surface area contributed by atoms with Gasteiger partial charge >= 0.3 is 0 Å². The van der Waals surface area contributed by atoms with Crippen molar-refractivity contribution in [3.8, 4) is 5.75 Å². The average molecular weight is 179 g/mol. The van der Waals surface area contributed by atoms with Crippen LogP contribution in [-0.4, -0.2) is 26.7 Å². The smallest absolute Gasteiger partial charge is 0.240 e. The zero-order valence-electron chi connectivity index (χ0n) is 7.35. The van der Waals surface area contributed by atoms with E-state index in [9.17, 15) is 0 Å². The van der Waals surface area contributed by atoms with Crippen LogP contribution in [0.25, 0.3) is 5.65 Å². The van der Waals surface area contributed by atoms with Gasteiger partial charge in [0.2, 0.25) is 11.6 Å². The van der Waals surface area contributed by atoms with Gasteiger partial charge in [-0.1, -0.05) is 0 Å². The fourth-order valence-electron chi connectivity index (χ4n) is 1.12. The van der Waals surface area contributed by atoms with E-state index in [2.05, 4.69) is 15.1 Å². The highest BCUT2D eigenvalue weighted by molar-refractivity contribution is 5.54. The van der Waals surface area contributed by atoms with Crippen molar-refractivity contribution in [2.45, 2.75) is 6.92 Å². The van der Waals surface area contributed by atoms with Crippen LogP contribution in [0.15, 0.2) is 6.20 Å². The van der Waals surface area contributed by atoms with E-state index < -0.39 is 0 Å². The highest BCUT2D eigenvalue weighted by atomic mass is 16.5. The summed E-state index contributed by atoms with van der Waals surface area (Å²) in [6.45, 7) is 1.82. The molecule has 0 fully saturated rings. The lowest BCUT2D eigenvalue weighted by Crippen LogP contribution is -1.99. The molecule has 2 aromatic heterocycles. The number of aryl methyl sites for hydroxylation is 1. The summed E-state index contributed by atoms with van der Waals surface area (Å²) in [6, 6.07) is 0. The molecule has 0 bridgehead atoms. The van der Waals surface area contributed by atoms with Crippen molar-refractivity contribution < 1.29 is 4.74 Å². The van der Waals surface area contributed by atoms with Crippen molar-refractivity contribution in [3.63, 3.8) is 0 Å². The third-order valence-corrected chi connectivity index (χ3v) is 1.74. The molecular formula is C7H9N5O. The maximum atomic E-state index is 5.46. The van der Waals surface area contributed by atoms with E-state index in [4.69, 9.17) is 10.5 Å². The number of ether oxygens (including phenoxy) is 1. The Morgan fingerprint density at radius 1 is 1.54 bits per heavy atom. The number of nitrogens with two attached hydrogens (primary N) is 1. The summed E-state index contributed by atoms with van der Waals surface area (Å²) in [7, 11) is 1.55. The quantitative estimate of drug-likeness (QED) is 0.667. The number of hydrogen-bond acceptors (Lipinski definition) is 5. The van der Waals surface area contributed by atoms with Gasteiger partial charge < -0.3 is 10.5 Å². The Balaban J connectivity index is 2.83. The van der Waals surface area contributed by atoms with E-state index in [-0.39, 0.29) is 5.95 Å². The minimum Gasteiger partial charge on any atom is -0.491 e. The van der Waals surface area contributed by atoms with E-state index in [0.29, 0.717) is 11.4 Å². The Morgan fingerprint density at radius 2 is 2.31 bits per heavy atom. The molecule has 0 unspecified atom stereocenters. The maximum Gasteiger partial charge on any atom is 0.240 e. The van der Waals surface area contributed by atoms with Gasteiger partial charge in [-0.05, 0) is 6.92 Å². The van der Waals surface area contributed by atoms with Gasteiger partial charge in [0.15, 0.2) is 5.75 Å². The second kappa shape index (κ2) is 2.58. The molecule has 0 aromatic carbocycles. The van der Waals surface area contributed by atoms with E-state index >= 15 is 0 Å². The van der Waals surface area contributed by atoms with Crippen LogP contribution in [0, 0.1) is 6.92 Å². The molecule has 0 amide bonds. The lowest BCUT2D eigenvalue weighted by Gasteiger charge is -2.01. The largest absolute Gasteiger partial charge is 0.491 e. The summed E-state index contributed by atoms with van der Waals surface area (Å²) < 4.78 is 6.60. The molecule has 0 saturated heterocycles. The molecule has 6 nitrogen and oxygen atoms in total. The molecule has 6 heteroatoms. The van der Waals surface area contributed by atoms with Gasteiger partial charge in [-0.15, -0.1) is 5.10 Å². The molecule has 0 spiro atoms. The van der Waals surface area contributed by atoms with Crippen LogP contribution < -0.4 is 10.5 Å². The predicted molar refractivity (Wildman–Crippen MR) is 46.5 cm³/mol. The minimum absolute atomic E-state index is 0.217. The molecule has 0 aliphatic carbocycles. The molecule has 13 heavy (non-hydrogen) atoms. The fourth-order valence-corrected chi connectivity index (χ4v) is 1.12.